The van der Waals surface area contributed by atoms with Gasteiger partial charge in [-0.3, -0.25) is 9.89 Å². The average molecular weight is 462 g/mol. The number of likely N-dealkylation sites (tertiary alicyclic amines) is 1. The first-order valence-electron chi connectivity index (χ1n) is 9.12. The molecule has 1 aromatic rings. The zero-order valence-corrected chi connectivity index (χ0v) is 17.5. The van der Waals surface area contributed by atoms with E-state index in [1.165, 1.54) is 25.9 Å². The zero-order valence-electron chi connectivity index (χ0n) is 15.1. The van der Waals surface area contributed by atoms with Crippen molar-refractivity contribution in [2.45, 2.75) is 37.6 Å². The normalized spacial score (nSPS) is 20.9. The van der Waals surface area contributed by atoms with Crippen LogP contribution in [-0.2, 0) is 11.2 Å². The monoisotopic (exact) mass is 462 g/mol. The van der Waals surface area contributed by atoms with Gasteiger partial charge in [-0.25, -0.2) is 0 Å². The fourth-order valence-corrected chi connectivity index (χ4v) is 3.78. The summed E-state index contributed by atoms with van der Waals surface area (Å²) in [5.41, 5.74) is 0.216. The Hall–Kier alpha value is -0.800. The number of hydrogen-bond donors (Lipinski definition) is 2. The second-order valence-corrected chi connectivity index (χ2v) is 6.71. The second kappa shape index (κ2) is 10.4. The van der Waals surface area contributed by atoms with Gasteiger partial charge in [0.1, 0.15) is 5.76 Å². The van der Waals surface area contributed by atoms with Gasteiger partial charge in [0.2, 0.25) is 0 Å². The van der Waals surface area contributed by atoms with Gasteiger partial charge in [0.25, 0.3) is 0 Å². The SMILES string of the molecule is CN=C(NCCc1ccco1)NCC1(N2CCCC2)CCOCC1.I. The molecule has 2 aliphatic rings. The Labute approximate surface area is 167 Å². The Morgan fingerprint density at radius 1 is 1.24 bits per heavy atom. The van der Waals surface area contributed by atoms with Gasteiger partial charge in [-0.1, -0.05) is 0 Å². The lowest BCUT2D eigenvalue weighted by Gasteiger charge is -2.45. The van der Waals surface area contributed by atoms with Crippen LogP contribution in [0.4, 0.5) is 0 Å². The van der Waals surface area contributed by atoms with Crippen molar-refractivity contribution in [1.82, 2.24) is 15.5 Å². The van der Waals surface area contributed by atoms with E-state index < -0.39 is 0 Å². The van der Waals surface area contributed by atoms with Crippen molar-refractivity contribution in [1.29, 1.82) is 0 Å². The highest BCUT2D eigenvalue weighted by molar-refractivity contribution is 14.0. The third kappa shape index (κ3) is 5.59. The molecule has 7 heteroatoms. The van der Waals surface area contributed by atoms with Crippen LogP contribution in [0.3, 0.4) is 0 Å². The van der Waals surface area contributed by atoms with Crippen LogP contribution < -0.4 is 10.6 Å². The van der Waals surface area contributed by atoms with E-state index in [4.69, 9.17) is 9.15 Å². The Bertz CT molecular complexity index is 509. The molecule has 0 aromatic carbocycles. The van der Waals surface area contributed by atoms with Gasteiger partial charge in [0.15, 0.2) is 5.96 Å². The van der Waals surface area contributed by atoms with E-state index in [1.54, 1.807) is 6.26 Å². The molecule has 2 aliphatic heterocycles. The molecule has 0 aliphatic carbocycles. The number of halogens is 1. The summed E-state index contributed by atoms with van der Waals surface area (Å²) < 4.78 is 11.0. The molecule has 25 heavy (non-hydrogen) atoms. The van der Waals surface area contributed by atoms with E-state index in [9.17, 15) is 0 Å². The Balaban J connectivity index is 0.00000225. The molecular formula is C18H31IN4O2. The summed E-state index contributed by atoms with van der Waals surface area (Å²) in [6.07, 6.45) is 7.41. The van der Waals surface area contributed by atoms with Crippen molar-refractivity contribution in [3.05, 3.63) is 24.2 Å². The van der Waals surface area contributed by atoms with Crippen molar-refractivity contribution < 1.29 is 9.15 Å². The number of nitrogens with zero attached hydrogens (tertiary/aromatic N) is 2. The highest BCUT2D eigenvalue weighted by Gasteiger charge is 2.39. The van der Waals surface area contributed by atoms with Gasteiger partial charge in [-0.15, -0.1) is 24.0 Å². The Kier molecular flexibility index (Phi) is 8.51. The van der Waals surface area contributed by atoms with E-state index in [0.29, 0.717) is 0 Å². The van der Waals surface area contributed by atoms with Crippen LogP contribution in [0.5, 0.6) is 0 Å². The average Bonchev–Trinajstić information content (AvgIpc) is 3.32. The molecule has 3 heterocycles. The predicted octanol–water partition coefficient (Wildman–Crippen LogP) is 2.25. The molecule has 1 aromatic heterocycles. The van der Waals surface area contributed by atoms with Crippen molar-refractivity contribution in [3.63, 3.8) is 0 Å². The quantitative estimate of drug-likeness (QED) is 0.386. The van der Waals surface area contributed by atoms with Crippen molar-refractivity contribution >= 4 is 29.9 Å². The Morgan fingerprint density at radius 3 is 2.64 bits per heavy atom. The molecule has 2 saturated heterocycles. The zero-order chi connectivity index (χ0) is 16.7. The molecule has 142 valence electrons. The van der Waals surface area contributed by atoms with Crippen molar-refractivity contribution in [2.24, 2.45) is 4.99 Å². The van der Waals surface area contributed by atoms with Crippen LogP contribution in [0.2, 0.25) is 0 Å². The molecular weight excluding hydrogens is 431 g/mol. The molecule has 3 rings (SSSR count). The molecule has 2 fully saturated rings. The Morgan fingerprint density at radius 2 is 2.00 bits per heavy atom. The molecule has 0 atom stereocenters. The maximum absolute atomic E-state index is 5.61. The van der Waals surface area contributed by atoms with E-state index in [-0.39, 0.29) is 29.5 Å². The summed E-state index contributed by atoms with van der Waals surface area (Å²) in [5, 5.41) is 6.93. The van der Waals surface area contributed by atoms with Gasteiger partial charge in [0.05, 0.1) is 6.26 Å². The molecule has 6 nitrogen and oxygen atoms in total. The smallest absolute Gasteiger partial charge is 0.191 e. The number of guanidine groups is 1. The summed E-state index contributed by atoms with van der Waals surface area (Å²) in [4.78, 5) is 7.03. The lowest BCUT2D eigenvalue weighted by Crippen LogP contribution is -2.58. The first-order valence-corrected chi connectivity index (χ1v) is 9.12. The van der Waals surface area contributed by atoms with E-state index in [2.05, 4.69) is 20.5 Å². The van der Waals surface area contributed by atoms with Crippen molar-refractivity contribution in [2.75, 3.05) is 46.4 Å². The summed E-state index contributed by atoms with van der Waals surface area (Å²) in [7, 11) is 1.83. The number of aliphatic imine (C=N–C) groups is 1. The van der Waals surface area contributed by atoms with Gasteiger partial charge in [-0.2, -0.15) is 0 Å². The maximum atomic E-state index is 5.61. The molecule has 0 amide bonds. The van der Waals surface area contributed by atoms with E-state index >= 15 is 0 Å². The third-order valence-electron chi connectivity index (χ3n) is 5.25. The van der Waals surface area contributed by atoms with Crippen molar-refractivity contribution in [3.8, 4) is 0 Å². The summed E-state index contributed by atoms with van der Waals surface area (Å²) in [5.74, 6) is 1.86. The van der Waals surface area contributed by atoms with Gasteiger partial charge in [0, 0.05) is 45.3 Å². The largest absolute Gasteiger partial charge is 0.469 e. The standard InChI is InChI=1S/C18H30N4O2.HI/c1-19-17(20-9-6-16-5-4-12-24-16)21-15-18(7-13-23-14-8-18)22-10-2-3-11-22;/h4-5,12H,2-3,6-11,13-15H2,1H3,(H2,19,20,21);1H. The second-order valence-electron chi connectivity index (χ2n) is 6.71. The fourth-order valence-electron chi connectivity index (χ4n) is 3.78. The molecule has 2 N–H and O–H groups in total. The van der Waals surface area contributed by atoms with Crippen LogP contribution in [0.15, 0.2) is 27.8 Å². The van der Waals surface area contributed by atoms with Crippen LogP contribution in [0, 0.1) is 0 Å². The number of hydrogen-bond acceptors (Lipinski definition) is 4. The highest BCUT2D eigenvalue weighted by Crippen LogP contribution is 2.30. The van der Waals surface area contributed by atoms with E-state index in [0.717, 1.165) is 57.3 Å². The lowest BCUT2D eigenvalue weighted by molar-refractivity contribution is -0.0164. The first-order chi connectivity index (χ1) is 11.8. The van der Waals surface area contributed by atoms with E-state index in [1.807, 2.05) is 19.2 Å². The minimum atomic E-state index is 0. The van der Waals surface area contributed by atoms with Crippen LogP contribution in [0.1, 0.15) is 31.4 Å². The first kappa shape index (κ1) is 20.5. The van der Waals surface area contributed by atoms with Crippen LogP contribution in [-0.4, -0.2) is 62.8 Å². The maximum Gasteiger partial charge on any atom is 0.191 e. The minimum Gasteiger partial charge on any atom is -0.469 e. The molecule has 0 unspecified atom stereocenters. The highest BCUT2D eigenvalue weighted by atomic mass is 127. The van der Waals surface area contributed by atoms with Gasteiger partial charge < -0.3 is 19.8 Å². The molecule has 0 bridgehead atoms. The summed E-state index contributed by atoms with van der Waals surface area (Å²) in [6.45, 7) is 5.90. The summed E-state index contributed by atoms with van der Waals surface area (Å²) in [6, 6.07) is 3.93. The molecule has 0 radical (unpaired) electrons. The summed E-state index contributed by atoms with van der Waals surface area (Å²) >= 11 is 0. The number of furan rings is 1. The number of ether oxygens (including phenoxy) is 1. The third-order valence-corrected chi connectivity index (χ3v) is 5.25. The number of nitrogens with one attached hydrogen (secondary N) is 2. The fraction of sp³-hybridized carbons (Fsp3) is 0.722. The van der Waals surface area contributed by atoms with Gasteiger partial charge in [-0.05, 0) is 50.9 Å². The van der Waals surface area contributed by atoms with Crippen LogP contribution >= 0.6 is 24.0 Å². The molecule has 0 saturated carbocycles. The predicted molar refractivity (Wildman–Crippen MR) is 111 cm³/mol. The topological polar surface area (TPSA) is 62.0 Å². The van der Waals surface area contributed by atoms with Crippen LogP contribution in [0.25, 0.3) is 0 Å². The lowest BCUT2D eigenvalue weighted by atomic mass is 9.88. The number of rotatable bonds is 6. The molecule has 0 spiro atoms. The van der Waals surface area contributed by atoms with Gasteiger partial charge >= 0.3 is 0 Å². The minimum absolute atomic E-state index is 0.